The van der Waals surface area contributed by atoms with Gasteiger partial charge < -0.3 is 56.2 Å². The van der Waals surface area contributed by atoms with Gasteiger partial charge in [-0.2, -0.15) is 0 Å². The van der Waals surface area contributed by atoms with Gasteiger partial charge >= 0.3 is 18.6 Å². The summed E-state index contributed by atoms with van der Waals surface area (Å²) in [5, 5.41) is 0. The summed E-state index contributed by atoms with van der Waals surface area (Å²) in [7, 11) is 8.37. The van der Waals surface area contributed by atoms with Crippen LogP contribution in [0.4, 0.5) is 0 Å². The van der Waals surface area contributed by atoms with Crippen LogP contribution in [0.15, 0.2) is 66.7 Å². The molecule has 5 aromatic rings. The Labute approximate surface area is 254 Å². The molecule has 7 nitrogen and oxygen atoms in total. The van der Waals surface area contributed by atoms with Crippen molar-refractivity contribution in [1.29, 1.82) is 0 Å². The third kappa shape index (κ3) is 7.10. The third-order valence-electron chi connectivity index (χ3n) is 6.06. The maximum atomic E-state index is 5.09. The van der Waals surface area contributed by atoms with E-state index in [2.05, 4.69) is 89.6 Å². The summed E-state index contributed by atoms with van der Waals surface area (Å²) < 4.78 is 4.55. The molecule has 0 aliphatic carbocycles. The number of pyridine rings is 1. The van der Waals surface area contributed by atoms with Gasteiger partial charge in [0.15, 0.2) is 11.6 Å². The van der Waals surface area contributed by atoms with Crippen LogP contribution >= 0.6 is 0 Å². The average Bonchev–Trinajstić information content (AvgIpc) is 3.40. The molecule has 0 aliphatic heterocycles. The Balaban J connectivity index is 0.00000180. The van der Waals surface area contributed by atoms with E-state index in [9.17, 15) is 0 Å². The Kier molecular flexibility index (Phi) is 13.3. The van der Waals surface area contributed by atoms with Crippen molar-refractivity contribution < 1.29 is 55.8 Å². The summed E-state index contributed by atoms with van der Waals surface area (Å²) in [5.41, 5.74) is 5.95. The van der Waals surface area contributed by atoms with E-state index in [-0.39, 0.29) is 55.8 Å². The fourth-order valence-electron chi connectivity index (χ4n) is 4.28. The molecule has 0 radical (unpaired) electrons. The van der Waals surface area contributed by atoms with Gasteiger partial charge in [-0.25, -0.2) is 15.0 Å². The van der Waals surface area contributed by atoms with Crippen molar-refractivity contribution in [2.45, 2.75) is 13.1 Å². The van der Waals surface area contributed by atoms with Crippen molar-refractivity contribution in [2.75, 3.05) is 41.3 Å². The quantitative estimate of drug-likeness (QED) is 0.177. The average molecular weight is 611 g/mol. The Bertz CT molecular complexity index is 1340. The molecule has 0 saturated carbocycles. The molecule has 0 amide bonds. The number of rotatable bonds is 8. The molecule has 0 fully saturated rings. The maximum absolute atomic E-state index is 5.09. The summed E-state index contributed by atoms with van der Waals surface area (Å²) in [6.45, 7) is 3.53. The second-order valence-electron chi connectivity index (χ2n) is 9.17. The largest absolute Gasteiger partial charge is 3.00 e. The molecule has 3 heterocycles. The van der Waals surface area contributed by atoms with Crippen LogP contribution in [-0.2, 0) is 31.6 Å². The van der Waals surface area contributed by atoms with Crippen LogP contribution in [0.5, 0.6) is 0 Å². The summed E-state index contributed by atoms with van der Waals surface area (Å²) in [5.74, 6) is 1.78. The van der Waals surface area contributed by atoms with E-state index in [1.807, 2.05) is 24.3 Å². The van der Waals surface area contributed by atoms with E-state index < -0.39 is 0 Å². The molecule has 0 spiro atoms. The summed E-state index contributed by atoms with van der Waals surface area (Å²) in [4.78, 5) is 19.4. The van der Waals surface area contributed by atoms with E-state index in [1.165, 1.54) is 0 Å². The molecule has 0 bridgehead atoms. The van der Waals surface area contributed by atoms with Gasteiger partial charge in [0.25, 0.3) is 0 Å². The Morgan fingerprint density at radius 2 is 0.947 bits per heavy atom. The molecule has 0 unspecified atom stereocenters. The van der Waals surface area contributed by atoms with Crippen molar-refractivity contribution in [2.24, 2.45) is 0 Å². The minimum atomic E-state index is 0. The van der Waals surface area contributed by atoms with Gasteiger partial charge in [-0.3, -0.25) is 0 Å². The first kappa shape index (κ1) is 33.9. The SMILES string of the molecule is CN(C)CCn1c(-c2cccc(-c3nc4ccccc4n3CCN(C)C)n2)nc2ccccc21.[Cl-].[Cl-].[Cl-].[V+3]. The fraction of sp³-hybridized carbons (Fsp3) is 0.296. The van der Waals surface area contributed by atoms with Gasteiger partial charge in [-0.05, 0) is 64.6 Å². The van der Waals surface area contributed by atoms with Crippen molar-refractivity contribution in [1.82, 2.24) is 33.9 Å². The number of imidazole rings is 2. The first-order valence-electron chi connectivity index (χ1n) is 11.7. The number of nitrogens with zero attached hydrogens (tertiary/aromatic N) is 7. The predicted octanol–water partition coefficient (Wildman–Crippen LogP) is -4.75. The summed E-state index contributed by atoms with van der Waals surface area (Å²) in [6.07, 6.45) is 0. The van der Waals surface area contributed by atoms with E-state index in [1.54, 1.807) is 0 Å². The smallest absolute Gasteiger partial charge is 1.00 e. The second-order valence-corrected chi connectivity index (χ2v) is 9.17. The molecule has 2 aromatic carbocycles. The van der Waals surface area contributed by atoms with Crippen LogP contribution in [0.2, 0.25) is 0 Å². The zero-order valence-electron chi connectivity index (χ0n) is 21.9. The van der Waals surface area contributed by atoms with Gasteiger partial charge in [-0.15, -0.1) is 0 Å². The molecular formula is C27H31Cl3N7V. The van der Waals surface area contributed by atoms with Gasteiger partial charge in [0.2, 0.25) is 0 Å². The van der Waals surface area contributed by atoms with Crippen molar-refractivity contribution in [3.63, 3.8) is 0 Å². The zero-order chi connectivity index (χ0) is 23.7. The third-order valence-corrected chi connectivity index (χ3v) is 6.06. The van der Waals surface area contributed by atoms with Gasteiger partial charge in [0.05, 0.1) is 22.1 Å². The standard InChI is InChI=1S/C27H31N7.3ClH.V/c1-31(2)16-18-33-24-14-7-5-10-20(24)29-26(33)22-12-9-13-23(28-22)27-30-21-11-6-8-15-25(21)34(27)19-17-32(3)4;;;;/h5-15H,16-19H2,1-4H3;3*1H;/q;;;;+3/p-3. The molecule has 38 heavy (non-hydrogen) atoms. The van der Waals surface area contributed by atoms with Crippen LogP contribution < -0.4 is 37.2 Å². The number of fused-ring (bicyclic) bond motifs is 2. The van der Waals surface area contributed by atoms with Crippen molar-refractivity contribution >= 4 is 22.1 Å². The van der Waals surface area contributed by atoms with E-state index in [0.717, 1.165) is 71.3 Å². The van der Waals surface area contributed by atoms with Crippen LogP contribution in [-0.4, -0.2) is 75.2 Å². The fourth-order valence-corrected chi connectivity index (χ4v) is 4.28. The molecule has 0 N–H and O–H groups in total. The Morgan fingerprint density at radius 3 is 1.34 bits per heavy atom. The monoisotopic (exact) mass is 609 g/mol. The van der Waals surface area contributed by atoms with Crippen LogP contribution in [0.25, 0.3) is 45.1 Å². The Hall–Kier alpha value is -2.10. The molecule has 3 aromatic heterocycles. The second kappa shape index (κ2) is 14.9. The summed E-state index contributed by atoms with van der Waals surface area (Å²) >= 11 is 0. The molecule has 5 rings (SSSR count). The van der Waals surface area contributed by atoms with Gasteiger partial charge in [-0.1, -0.05) is 30.3 Å². The number of likely N-dealkylation sites (N-methyl/N-ethyl adjacent to an activating group) is 2. The molecule has 11 heteroatoms. The van der Waals surface area contributed by atoms with Crippen LogP contribution in [0, 0.1) is 0 Å². The zero-order valence-corrected chi connectivity index (χ0v) is 25.6. The first-order chi connectivity index (χ1) is 16.5. The number of benzene rings is 2. The molecule has 200 valence electrons. The number of para-hydroxylation sites is 4. The molecule has 0 aliphatic rings. The number of aromatic nitrogens is 5. The van der Waals surface area contributed by atoms with Gasteiger partial charge in [0, 0.05) is 26.2 Å². The predicted molar refractivity (Wildman–Crippen MR) is 139 cm³/mol. The molecule has 0 atom stereocenters. The van der Waals surface area contributed by atoms with Crippen molar-refractivity contribution in [3.8, 4) is 23.0 Å². The normalized spacial score (nSPS) is 10.7. The number of halogens is 3. The molecule has 0 saturated heterocycles. The topological polar surface area (TPSA) is 55.0 Å². The van der Waals surface area contributed by atoms with E-state index in [4.69, 9.17) is 15.0 Å². The Morgan fingerprint density at radius 1 is 0.553 bits per heavy atom. The minimum Gasteiger partial charge on any atom is -1.00 e. The van der Waals surface area contributed by atoms with E-state index in [0.29, 0.717) is 0 Å². The first-order valence-corrected chi connectivity index (χ1v) is 11.7. The van der Waals surface area contributed by atoms with Crippen molar-refractivity contribution in [3.05, 3.63) is 66.7 Å². The minimum absolute atomic E-state index is 0. The van der Waals surface area contributed by atoms with Crippen LogP contribution in [0.1, 0.15) is 0 Å². The summed E-state index contributed by atoms with van der Waals surface area (Å²) in [6, 6.07) is 22.7. The molecular weight excluding hydrogens is 580 g/mol. The van der Waals surface area contributed by atoms with Crippen LogP contribution in [0.3, 0.4) is 0 Å². The number of hydrogen-bond acceptors (Lipinski definition) is 5. The van der Waals surface area contributed by atoms with Gasteiger partial charge in [0.1, 0.15) is 11.4 Å². The number of hydrogen-bond donors (Lipinski definition) is 0. The van der Waals surface area contributed by atoms with E-state index >= 15 is 0 Å². The maximum Gasteiger partial charge on any atom is 3.00 e.